The van der Waals surface area contributed by atoms with Crippen molar-refractivity contribution in [3.05, 3.63) is 0 Å². The van der Waals surface area contributed by atoms with E-state index in [0.29, 0.717) is 6.04 Å². The van der Waals surface area contributed by atoms with Crippen molar-refractivity contribution in [2.75, 3.05) is 0 Å². The van der Waals surface area contributed by atoms with E-state index in [-0.39, 0.29) is 0 Å². The molecule has 6 atom stereocenters. The lowest BCUT2D eigenvalue weighted by Crippen LogP contribution is -2.39. The van der Waals surface area contributed by atoms with Crippen molar-refractivity contribution in [1.29, 1.82) is 0 Å². The molecule has 4 bridgehead atoms. The molecule has 4 rings (SSSR count). The van der Waals surface area contributed by atoms with Crippen molar-refractivity contribution in [2.24, 2.45) is 41.4 Å². The zero-order valence-corrected chi connectivity index (χ0v) is 12.2. The Hall–Kier alpha value is -0.0800. The molecule has 2 heteroatoms. The van der Waals surface area contributed by atoms with E-state index in [4.69, 9.17) is 5.84 Å². The molecule has 0 spiro atoms. The maximum Gasteiger partial charge on any atom is 0.0216 e. The molecule has 4 saturated carbocycles. The van der Waals surface area contributed by atoms with Gasteiger partial charge in [0, 0.05) is 6.04 Å². The summed E-state index contributed by atoms with van der Waals surface area (Å²) in [4.78, 5) is 0. The molecule has 2 nitrogen and oxygen atoms in total. The summed E-state index contributed by atoms with van der Waals surface area (Å²) in [5.41, 5.74) is 3.17. The van der Waals surface area contributed by atoms with Crippen LogP contribution in [0.25, 0.3) is 0 Å². The highest BCUT2D eigenvalue weighted by Gasteiger charge is 2.42. The summed E-state index contributed by atoms with van der Waals surface area (Å²) < 4.78 is 0. The Bertz CT molecular complexity index is 299. The summed E-state index contributed by atoms with van der Waals surface area (Å²) in [6.45, 7) is 0. The van der Waals surface area contributed by atoms with Gasteiger partial charge in [0.1, 0.15) is 0 Å². The largest absolute Gasteiger partial charge is 0.271 e. The number of hydrazine groups is 1. The van der Waals surface area contributed by atoms with Crippen LogP contribution in [0.5, 0.6) is 0 Å². The van der Waals surface area contributed by atoms with Gasteiger partial charge < -0.3 is 0 Å². The van der Waals surface area contributed by atoms with Crippen molar-refractivity contribution in [2.45, 2.75) is 70.3 Å². The SMILES string of the molecule is NNC(CC1CC2CCC1C2)CC1CC2CCC1C2. The monoisotopic (exact) mass is 262 g/mol. The molecule has 0 amide bonds. The zero-order chi connectivity index (χ0) is 12.8. The van der Waals surface area contributed by atoms with Crippen molar-refractivity contribution in [1.82, 2.24) is 5.43 Å². The Balaban J connectivity index is 1.31. The second kappa shape index (κ2) is 5.04. The van der Waals surface area contributed by atoms with Crippen LogP contribution in [0.4, 0.5) is 0 Å². The van der Waals surface area contributed by atoms with E-state index in [0.717, 1.165) is 35.5 Å². The molecule has 0 radical (unpaired) electrons. The predicted molar refractivity (Wildman–Crippen MR) is 78.2 cm³/mol. The van der Waals surface area contributed by atoms with Crippen LogP contribution in [0.1, 0.15) is 64.2 Å². The molecule has 19 heavy (non-hydrogen) atoms. The predicted octanol–water partition coefficient (Wildman–Crippen LogP) is 3.47. The van der Waals surface area contributed by atoms with E-state index in [2.05, 4.69) is 5.43 Å². The molecular formula is C17H30N2. The second-order valence-electron chi connectivity index (χ2n) is 8.20. The molecule has 0 saturated heterocycles. The Morgan fingerprint density at radius 2 is 1.32 bits per heavy atom. The summed E-state index contributed by atoms with van der Waals surface area (Å²) in [7, 11) is 0. The number of nitrogens with two attached hydrogens (primary N) is 1. The zero-order valence-electron chi connectivity index (χ0n) is 12.2. The Kier molecular flexibility index (Phi) is 3.35. The summed E-state index contributed by atoms with van der Waals surface area (Å²) in [6, 6.07) is 0.605. The molecule has 0 aromatic rings. The molecule has 0 aromatic carbocycles. The van der Waals surface area contributed by atoms with Gasteiger partial charge in [-0.25, -0.2) is 0 Å². The van der Waals surface area contributed by atoms with Gasteiger partial charge in [-0.3, -0.25) is 11.3 Å². The number of hydrogen-bond donors (Lipinski definition) is 2. The number of hydrogen-bond acceptors (Lipinski definition) is 2. The molecule has 4 fully saturated rings. The fourth-order valence-corrected chi connectivity index (χ4v) is 6.29. The lowest BCUT2D eigenvalue weighted by molar-refractivity contribution is 0.227. The summed E-state index contributed by atoms with van der Waals surface area (Å²) >= 11 is 0. The van der Waals surface area contributed by atoms with Crippen molar-refractivity contribution in [3.63, 3.8) is 0 Å². The van der Waals surface area contributed by atoms with E-state index < -0.39 is 0 Å². The van der Waals surface area contributed by atoms with E-state index >= 15 is 0 Å². The molecular weight excluding hydrogens is 232 g/mol. The maximum absolute atomic E-state index is 5.88. The maximum atomic E-state index is 5.88. The van der Waals surface area contributed by atoms with Gasteiger partial charge in [-0.1, -0.05) is 12.8 Å². The minimum absolute atomic E-state index is 0.605. The standard InChI is InChI=1S/C17H30N2/c18-19-17(9-15-7-11-1-3-13(15)5-11)10-16-8-12-2-4-14(16)6-12/h11-17,19H,1-10,18H2. The lowest BCUT2D eigenvalue weighted by atomic mass is 9.79. The normalized spacial score (nSPS) is 49.1. The van der Waals surface area contributed by atoms with Crippen LogP contribution in [0.2, 0.25) is 0 Å². The van der Waals surface area contributed by atoms with Gasteiger partial charge in [-0.2, -0.15) is 0 Å². The first kappa shape index (κ1) is 12.6. The molecule has 108 valence electrons. The van der Waals surface area contributed by atoms with Gasteiger partial charge in [-0.15, -0.1) is 0 Å². The smallest absolute Gasteiger partial charge is 0.0216 e. The molecule has 0 heterocycles. The highest BCUT2D eigenvalue weighted by molar-refractivity contribution is 4.94. The molecule has 0 aliphatic heterocycles. The van der Waals surface area contributed by atoms with E-state index in [9.17, 15) is 0 Å². The molecule has 4 aliphatic rings. The molecule has 4 aliphatic carbocycles. The third kappa shape index (κ3) is 2.35. The molecule has 6 unspecified atom stereocenters. The van der Waals surface area contributed by atoms with Crippen LogP contribution in [-0.4, -0.2) is 6.04 Å². The van der Waals surface area contributed by atoms with Gasteiger partial charge >= 0.3 is 0 Å². The highest BCUT2D eigenvalue weighted by Crippen LogP contribution is 2.52. The average molecular weight is 262 g/mol. The summed E-state index contributed by atoms with van der Waals surface area (Å²) in [5.74, 6) is 12.1. The third-order valence-corrected chi connectivity index (χ3v) is 7.18. The fraction of sp³-hybridized carbons (Fsp3) is 1.00. The van der Waals surface area contributed by atoms with Crippen LogP contribution in [0.3, 0.4) is 0 Å². The Morgan fingerprint density at radius 3 is 1.63 bits per heavy atom. The average Bonchev–Trinajstić information content (AvgIpc) is 3.18. The first-order chi connectivity index (χ1) is 9.31. The number of nitrogens with one attached hydrogen (secondary N) is 1. The van der Waals surface area contributed by atoms with E-state index in [1.165, 1.54) is 64.2 Å². The first-order valence-corrected chi connectivity index (χ1v) is 8.78. The van der Waals surface area contributed by atoms with E-state index in [1.54, 1.807) is 0 Å². The van der Waals surface area contributed by atoms with Gasteiger partial charge in [0.25, 0.3) is 0 Å². The minimum atomic E-state index is 0.605. The third-order valence-electron chi connectivity index (χ3n) is 7.18. The van der Waals surface area contributed by atoms with Gasteiger partial charge in [0.2, 0.25) is 0 Å². The lowest BCUT2D eigenvalue weighted by Gasteiger charge is -2.30. The van der Waals surface area contributed by atoms with Crippen molar-refractivity contribution in [3.8, 4) is 0 Å². The van der Waals surface area contributed by atoms with Crippen molar-refractivity contribution >= 4 is 0 Å². The van der Waals surface area contributed by atoms with Crippen LogP contribution in [-0.2, 0) is 0 Å². The Morgan fingerprint density at radius 1 is 0.789 bits per heavy atom. The summed E-state index contributed by atoms with van der Waals surface area (Å²) in [6.07, 6.45) is 14.9. The highest BCUT2D eigenvalue weighted by atomic mass is 15.2. The van der Waals surface area contributed by atoms with Gasteiger partial charge in [-0.05, 0) is 86.9 Å². The fourth-order valence-electron chi connectivity index (χ4n) is 6.29. The Labute approximate surface area is 117 Å². The van der Waals surface area contributed by atoms with Crippen molar-refractivity contribution < 1.29 is 0 Å². The second-order valence-corrected chi connectivity index (χ2v) is 8.20. The van der Waals surface area contributed by atoms with Crippen LogP contribution < -0.4 is 11.3 Å². The van der Waals surface area contributed by atoms with Crippen LogP contribution >= 0.6 is 0 Å². The number of rotatable bonds is 5. The quantitative estimate of drug-likeness (QED) is 0.588. The first-order valence-electron chi connectivity index (χ1n) is 8.78. The minimum Gasteiger partial charge on any atom is -0.271 e. The van der Waals surface area contributed by atoms with Crippen LogP contribution in [0.15, 0.2) is 0 Å². The molecule has 3 N–H and O–H groups in total. The topological polar surface area (TPSA) is 38.0 Å². The molecule has 0 aromatic heterocycles. The summed E-state index contributed by atoms with van der Waals surface area (Å²) in [5, 5.41) is 0. The number of fused-ring (bicyclic) bond motifs is 4. The van der Waals surface area contributed by atoms with Crippen LogP contribution in [0, 0.1) is 35.5 Å². The van der Waals surface area contributed by atoms with E-state index in [1.807, 2.05) is 0 Å². The van der Waals surface area contributed by atoms with Gasteiger partial charge in [0.05, 0.1) is 0 Å². The van der Waals surface area contributed by atoms with Gasteiger partial charge in [0.15, 0.2) is 0 Å².